The minimum Gasteiger partial charge on any atom is -0.368 e. The van der Waals surface area contributed by atoms with Gasteiger partial charge in [-0.15, -0.1) is 0 Å². The first-order chi connectivity index (χ1) is 7.48. The molecule has 0 bridgehead atoms. The number of rotatable bonds is 3. The van der Waals surface area contributed by atoms with Crippen LogP contribution in [0.3, 0.4) is 0 Å². The van der Waals surface area contributed by atoms with Gasteiger partial charge in [0.25, 0.3) is 0 Å². The van der Waals surface area contributed by atoms with Crippen LogP contribution in [0.25, 0.3) is 0 Å². The van der Waals surface area contributed by atoms with Crippen LogP contribution in [0, 0.1) is 0 Å². The monoisotopic (exact) mass is 225 g/mol. The van der Waals surface area contributed by atoms with E-state index in [0.29, 0.717) is 12.1 Å². The van der Waals surface area contributed by atoms with E-state index in [0.717, 1.165) is 19.6 Å². The second-order valence-corrected chi connectivity index (χ2v) is 5.46. The van der Waals surface area contributed by atoms with Crippen LogP contribution in [0.1, 0.15) is 33.6 Å². The van der Waals surface area contributed by atoms with Crippen LogP contribution in [-0.4, -0.2) is 53.0 Å². The predicted molar refractivity (Wildman–Crippen MR) is 64.0 cm³/mol. The number of nitrogens with two attached hydrogens (primary N) is 1. The number of fused-ring (bicyclic) bond motifs is 1. The summed E-state index contributed by atoms with van der Waals surface area (Å²) in [6.07, 6.45) is 2.35. The van der Waals surface area contributed by atoms with Crippen molar-refractivity contribution >= 4 is 5.91 Å². The number of hydrogen-bond acceptors (Lipinski definition) is 3. The highest BCUT2D eigenvalue weighted by atomic mass is 16.1. The summed E-state index contributed by atoms with van der Waals surface area (Å²) in [5, 5.41) is 0. The Bertz CT molecular complexity index is 290. The summed E-state index contributed by atoms with van der Waals surface area (Å²) in [6.45, 7) is 9.40. The lowest BCUT2D eigenvalue weighted by molar-refractivity contribution is -0.128. The second kappa shape index (κ2) is 4.00. The molecule has 2 fully saturated rings. The average molecular weight is 225 g/mol. The van der Waals surface area contributed by atoms with E-state index in [-0.39, 0.29) is 5.91 Å². The number of likely N-dealkylation sites (N-methyl/N-ethyl adjacent to an activating group) is 1. The van der Waals surface area contributed by atoms with Crippen molar-refractivity contribution in [2.24, 2.45) is 5.73 Å². The summed E-state index contributed by atoms with van der Waals surface area (Å²) in [7, 11) is 0. The third-order valence-corrected chi connectivity index (χ3v) is 4.42. The van der Waals surface area contributed by atoms with Crippen molar-refractivity contribution in [3.63, 3.8) is 0 Å². The third kappa shape index (κ3) is 1.64. The number of hydrogen-bond donors (Lipinski definition) is 1. The van der Waals surface area contributed by atoms with Crippen LogP contribution >= 0.6 is 0 Å². The SMILES string of the molecule is CCN1CCC2C1CCN2C(C)(C)C(N)=O. The molecular formula is C12H23N3O. The zero-order valence-electron chi connectivity index (χ0n) is 10.6. The van der Waals surface area contributed by atoms with Gasteiger partial charge < -0.3 is 5.73 Å². The summed E-state index contributed by atoms with van der Waals surface area (Å²) in [5.41, 5.74) is 5.01. The van der Waals surface area contributed by atoms with Crippen molar-refractivity contribution in [2.45, 2.75) is 51.2 Å². The maximum atomic E-state index is 11.5. The molecule has 16 heavy (non-hydrogen) atoms. The van der Waals surface area contributed by atoms with Crippen molar-refractivity contribution in [1.29, 1.82) is 0 Å². The summed E-state index contributed by atoms with van der Waals surface area (Å²) >= 11 is 0. The molecule has 0 saturated carbocycles. The topological polar surface area (TPSA) is 49.6 Å². The summed E-state index contributed by atoms with van der Waals surface area (Å²) in [5.74, 6) is -0.205. The standard InChI is InChI=1S/C12H23N3O/c1-4-14-7-5-10-9(14)6-8-15(10)12(2,3)11(13)16/h9-10H,4-8H2,1-3H3,(H2,13,16). The molecular weight excluding hydrogens is 202 g/mol. The van der Waals surface area contributed by atoms with Crippen molar-refractivity contribution in [2.75, 3.05) is 19.6 Å². The smallest absolute Gasteiger partial charge is 0.237 e. The molecule has 0 aromatic carbocycles. The zero-order chi connectivity index (χ0) is 11.9. The molecule has 2 heterocycles. The molecule has 2 rings (SSSR count). The molecule has 1 amide bonds. The minimum absolute atomic E-state index is 0.205. The maximum absolute atomic E-state index is 11.5. The van der Waals surface area contributed by atoms with Crippen molar-refractivity contribution in [3.05, 3.63) is 0 Å². The van der Waals surface area contributed by atoms with E-state index in [4.69, 9.17) is 5.73 Å². The molecule has 0 aromatic heterocycles. The quantitative estimate of drug-likeness (QED) is 0.757. The Kier molecular flexibility index (Phi) is 2.97. The number of carbonyl (C=O) groups excluding carboxylic acids is 1. The first-order valence-electron chi connectivity index (χ1n) is 6.29. The molecule has 2 unspecified atom stereocenters. The lowest BCUT2D eigenvalue weighted by Crippen LogP contribution is -2.55. The number of nitrogens with zero attached hydrogens (tertiary/aromatic N) is 2. The number of amides is 1. The van der Waals surface area contributed by atoms with Gasteiger partial charge in [-0.25, -0.2) is 0 Å². The Morgan fingerprint density at radius 2 is 1.94 bits per heavy atom. The van der Waals surface area contributed by atoms with Gasteiger partial charge in [0.05, 0.1) is 5.54 Å². The second-order valence-electron chi connectivity index (χ2n) is 5.46. The first kappa shape index (κ1) is 11.9. The third-order valence-electron chi connectivity index (χ3n) is 4.42. The highest BCUT2D eigenvalue weighted by Crippen LogP contribution is 2.35. The molecule has 0 aliphatic carbocycles. The largest absolute Gasteiger partial charge is 0.368 e. The van der Waals surface area contributed by atoms with Gasteiger partial charge in [0, 0.05) is 25.2 Å². The average Bonchev–Trinajstić information content (AvgIpc) is 2.76. The summed E-state index contributed by atoms with van der Waals surface area (Å²) < 4.78 is 0. The van der Waals surface area contributed by atoms with E-state index < -0.39 is 5.54 Å². The molecule has 0 radical (unpaired) electrons. The highest BCUT2D eigenvalue weighted by molar-refractivity contribution is 5.83. The van der Waals surface area contributed by atoms with Gasteiger partial charge in [-0.3, -0.25) is 14.6 Å². The van der Waals surface area contributed by atoms with E-state index in [1.807, 2.05) is 13.8 Å². The summed E-state index contributed by atoms with van der Waals surface area (Å²) in [4.78, 5) is 16.4. The fourth-order valence-electron chi connectivity index (χ4n) is 3.30. The van der Waals surface area contributed by atoms with E-state index in [9.17, 15) is 4.79 Å². The van der Waals surface area contributed by atoms with Crippen LogP contribution in [0.15, 0.2) is 0 Å². The fraction of sp³-hybridized carbons (Fsp3) is 0.917. The van der Waals surface area contributed by atoms with E-state index in [1.165, 1.54) is 12.8 Å². The van der Waals surface area contributed by atoms with Gasteiger partial charge in [0.2, 0.25) is 5.91 Å². The molecule has 4 nitrogen and oxygen atoms in total. The van der Waals surface area contributed by atoms with E-state index >= 15 is 0 Å². The van der Waals surface area contributed by atoms with E-state index in [2.05, 4.69) is 16.7 Å². The van der Waals surface area contributed by atoms with Gasteiger partial charge in [-0.2, -0.15) is 0 Å². The molecule has 0 aromatic rings. The summed E-state index contributed by atoms with van der Waals surface area (Å²) in [6, 6.07) is 1.17. The molecule has 2 saturated heterocycles. The van der Waals surface area contributed by atoms with Gasteiger partial charge in [0.15, 0.2) is 0 Å². The van der Waals surface area contributed by atoms with Gasteiger partial charge in [0.1, 0.15) is 0 Å². The Morgan fingerprint density at radius 1 is 1.31 bits per heavy atom. The first-order valence-corrected chi connectivity index (χ1v) is 6.29. The number of likely N-dealkylation sites (tertiary alicyclic amines) is 2. The molecule has 4 heteroatoms. The Balaban J connectivity index is 2.13. The van der Waals surface area contributed by atoms with Crippen LogP contribution in [-0.2, 0) is 4.79 Å². The van der Waals surface area contributed by atoms with Crippen LogP contribution < -0.4 is 5.73 Å². The molecule has 92 valence electrons. The lowest BCUT2D eigenvalue weighted by Gasteiger charge is -2.36. The maximum Gasteiger partial charge on any atom is 0.237 e. The minimum atomic E-state index is -0.497. The van der Waals surface area contributed by atoms with Crippen LogP contribution in [0.5, 0.6) is 0 Å². The predicted octanol–water partition coefficient (Wildman–Crippen LogP) is 0.419. The van der Waals surface area contributed by atoms with Crippen molar-refractivity contribution in [1.82, 2.24) is 9.80 Å². The Labute approximate surface area is 97.8 Å². The normalized spacial score (nSPS) is 31.9. The highest BCUT2D eigenvalue weighted by Gasteiger charge is 2.48. The Morgan fingerprint density at radius 3 is 2.50 bits per heavy atom. The lowest BCUT2D eigenvalue weighted by atomic mass is 9.99. The van der Waals surface area contributed by atoms with Gasteiger partial charge in [-0.1, -0.05) is 6.92 Å². The molecule has 2 atom stereocenters. The molecule has 0 spiro atoms. The molecule has 2 aliphatic rings. The van der Waals surface area contributed by atoms with Gasteiger partial charge >= 0.3 is 0 Å². The fourth-order valence-corrected chi connectivity index (χ4v) is 3.30. The molecule has 2 N–H and O–H groups in total. The van der Waals surface area contributed by atoms with Crippen LogP contribution in [0.4, 0.5) is 0 Å². The van der Waals surface area contributed by atoms with E-state index in [1.54, 1.807) is 0 Å². The van der Waals surface area contributed by atoms with Crippen LogP contribution in [0.2, 0.25) is 0 Å². The number of primary amides is 1. The van der Waals surface area contributed by atoms with Crippen molar-refractivity contribution < 1.29 is 4.79 Å². The van der Waals surface area contributed by atoms with Crippen molar-refractivity contribution in [3.8, 4) is 0 Å². The van der Waals surface area contributed by atoms with Gasteiger partial charge in [-0.05, 0) is 33.2 Å². The Hall–Kier alpha value is -0.610. The molecule has 2 aliphatic heterocycles. The zero-order valence-corrected chi connectivity index (χ0v) is 10.6. The number of carbonyl (C=O) groups is 1.